The Morgan fingerprint density at radius 1 is 1.27 bits per heavy atom. The normalized spacial score (nSPS) is 15.3. The number of benzene rings is 1. The monoisotopic (exact) mass is 488 g/mol. The molecule has 0 amide bonds. The number of rotatable bonds is 7. The molecule has 0 saturated heterocycles. The molecule has 6 nitrogen and oxygen atoms in total. The second-order valence-electron chi connectivity index (χ2n) is 6.43. The maximum atomic E-state index is 6.00. The topological polar surface area (TPSA) is 67.1 Å². The van der Waals surface area contributed by atoms with Gasteiger partial charge in [-0.05, 0) is 30.5 Å². The summed E-state index contributed by atoms with van der Waals surface area (Å²) in [6, 6.07) is 8.19. The first-order valence-electron chi connectivity index (χ1n) is 8.74. The molecule has 1 saturated carbocycles. The summed E-state index contributed by atoms with van der Waals surface area (Å²) in [4.78, 5) is 4.32. The number of aromatic nitrogens is 3. The van der Waals surface area contributed by atoms with E-state index >= 15 is 0 Å². The zero-order chi connectivity index (χ0) is 17.7. The Kier molecular flexibility index (Phi) is 7.69. The molecule has 0 spiro atoms. The van der Waals surface area contributed by atoms with Crippen LogP contribution in [0, 0.1) is 0 Å². The van der Waals surface area contributed by atoms with Gasteiger partial charge in [-0.1, -0.05) is 30.7 Å². The molecule has 2 N–H and O–H groups in total. The van der Waals surface area contributed by atoms with Crippen LogP contribution in [0.15, 0.2) is 35.6 Å². The second kappa shape index (κ2) is 9.55. The van der Waals surface area contributed by atoms with Crippen molar-refractivity contribution in [3.63, 3.8) is 0 Å². The lowest BCUT2D eigenvalue weighted by atomic mass is 9.96. The Morgan fingerprint density at radius 3 is 2.62 bits per heavy atom. The third kappa shape index (κ3) is 5.09. The summed E-state index contributed by atoms with van der Waals surface area (Å²) in [5.41, 5.74) is 1.56. The Hall–Kier alpha value is -1.35. The van der Waals surface area contributed by atoms with Crippen LogP contribution in [0.1, 0.15) is 31.2 Å². The van der Waals surface area contributed by atoms with E-state index < -0.39 is 0 Å². The number of aryl methyl sites for hydroxylation is 1. The summed E-state index contributed by atoms with van der Waals surface area (Å²) >= 11 is 6.00. The van der Waals surface area contributed by atoms with Crippen LogP contribution in [0.25, 0.3) is 0 Å². The summed E-state index contributed by atoms with van der Waals surface area (Å²) in [7, 11) is 1.80. The maximum absolute atomic E-state index is 6.00. The van der Waals surface area contributed by atoms with Gasteiger partial charge in [0.1, 0.15) is 12.2 Å². The smallest absolute Gasteiger partial charge is 0.191 e. The molecule has 0 unspecified atom stereocenters. The fraction of sp³-hybridized carbons (Fsp3) is 0.500. The first-order valence-corrected chi connectivity index (χ1v) is 9.12. The van der Waals surface area contributed by atoms with Crippen LogP contribution in [-0.2, 0) is 18.4 Å². The highest BCUT2D eigenvalue weighted by molar-refractivity contribution is 14.0. The van der Waals surface area contributed by atoms with E-state index in [-0.39, 0.29) is 29.4 Å². The van der Waals surface area contributed by atoms with Gasteiger partial charge in [0, 0.05) is 43.5 Å². The summed E-state index contributed by atoms with van der Waals surface area (Å²) in [5, 5.41) is 15.7. The number of nitrogens with one attached hydrogen (secondary N) is 2. The zero-order valence-electron chi connectivity index (χ0n) is 15.2. The number of nitrogens with zero attached hydrogens (tertiary/aromatic N) is 4. The van der Waals surface area contributed by atoms with Gasteiger partial charge >= 0.3 is 0 Å². The predicted octanol–water partition coefficient (Wildman–Crippen LogP) is 3.01. The first kappa shape index (κ1) is 21.0. The largest absolute Gasteiger partial charge is 0.356 e. The van der Waals surface area contributed by atoms with Crippen LogP contribution in [0.3, 0.4) is 0 Å². The third-order valence-corrected chi connectivity index (χ3v) is 5.04. The van der Waals surface area contributed by atoms with E-state index in [2.05, 4.69) is 49.4 Å². The minimum absolute atomic E-state index is 0. The number of hydrogen-bond donors (Lipinski definition) is 2. The lowest BCUT2D eigenvalue weighted by molar-refractivity contribution is 0.615. The van der Waals surface area contributed by atoms with Crippen LogP contribution in [0.2, 0.25) is 5.02 Å². The predicted molar refractivity (Wildman–Crippen MR) is 117 cm³/mol. The Bertz CT molecular complexity index is 724. The van der Waals surface area contributed by atoms with Crippen molar-refractivity contribution in [3.8, 4) is 0 Å². The first-order chi connectivity index (χ1) is 12.2. The van der Waals surface area contributed by atoms with Gasteiger partial charge in [-0.3, -0.25) is 4.99 Å². The van der Waals surface area contributed by atoms with Gasteiger partial charge < -0.3 is 15.2 Å². The van der Waals surface area contributed by atoms with Crippen molar-refractivity contribution in [2.45, 2.75) is 38.1 Å². The molecule has 1 aliphatic carbocycles. The second-order valence-corrected chi connectivity index (χ2v) is 6.87. The molecule has 1 fully saturated rings. The molecule has 1 heterocycles. The quantitative estimate of drug-likeness (QED) is 0.357. The Labute approximate surface area is 176 Å². The number of guanidine groups is 1. The number of hydrogen-bond acceptors (Lipinski definition) is 3. The number of halogens is 2. The summed E-state index contributed by atoms with van der Waals surface area (Å²) in [6.45, 7) is 4.55. The molecule has 1 aromatic heterocycles. The van der Waals surface area contributed by atoms with Crippen LogP contribution in [0.4, 0.5) is 0 Å². The van der Waals surface area contributed by atoms with Gasteiger partial charge in [-0.25, -0.2) is 0 Å². The van der Waals surface area contributed by atoms with Crippen molar-refractivity contribution in [1.29, 1.82) is 0 Å². The molecule has 8 heteroatoms. The molecule has 1 aliphatic rings. The van der Waals surface area contributed by atoms with Gasteiger partial charge in [-0.15, -0.1) is 34.2 Å². The van der Waals surface area contributed by atoms with E-state index in [4.69, 9.17) is 11.6 Å². The minimum atomic E-state index is 0. The van der Waals surface area contributed by atoms with Crippen LogP contribution in [0.5, 0.6) is 0 Å². The average Bonchev–Trinajstić information content (AvgIpc) is 3.28. The van der Waals surface area contributed by atoms with Gasteiger partial charge in [0.05, 0.1) is 0 Å². The average molecular weight is 489 g/mol. The molecular weight excluding hydrogens is 463 g/mol. The van der Waals surface area contributed by atoms with E-state index in [1.807, 2.05) is 12.1 Å². The Balaban J connectivity index is 0.00000243. The van der Waals surface area contributed by atoms with Crippen LogP contribution in [-0.4, -0.2) is 40.9 Å². The lowest BCUT2D eigenvalue weighted by Gasteiger charge is -2.19. The van der Waals surface area contributed by atoms with Gasteiger partial charge in [0.15, 0.2) is 5.96 Å². The molecule has 2 aromatic rings. The van der Waals surface area contributed by atoms with Crippen molar-refractivity contribution < 1.29 is 0 Å². The van der Waals surface area contributed by atoms with Crippen molar-refractivity contribution in [1.82, 2.24) is 25.4 Å². The molecular formula is C18H26ClIN6. The molecule has 0 radical (unpaired) electrons. The van der Waals surface area contributed by atoms with E-state index in [9.17, 15) is 0 Å². The molecule has 0 bridgehead atoms. The molecule has 0 atom stereocenters. The molecule has 26 heavy (non-hydrogen) atoms. The molecule has 142 valence electrons. The summed E-state index contributed by atoms with van der Waals surface area (Å²) < 4.78 is 2.07. The zero-order valence-corrected chi connectivity index (χ0v) is 18.3. The molecule has 1 aromatic carbocycles. The van der Waals surface area contributed by atoms with E-state index in [0.717, 1.165) is 42.9 Å². The summed E-state index contributed by atoms with van der Waals surface area (Å²) in [6.07, 6.45) is 5.05. The van der Waals surface area contributed by atoms with Crippen molar-refractivity contribution in [2.24, 2.45) is 4.99 Å². The van der Waals surface area contributed by atoms with Crippen LogP contribution >= 0.6 is 35.6 Å². The highest BCUT2D eigenvalue weighted by Crippen LogP contribution is 2.47. The van der Waals surface area contributed by atoms with Crippen LogP contribution < -0.4 is 10.6 Å². The van der Waals surface area contributed by atoms with E-state index in [1.54, 1.807) is 13.4 Å². The number of aliphatic imine (C=N–C) groups is 1. The SMILES string of the molecule is CCc1nncn1CCNC(=NC)NCC1(c2ccc(Cl)cc2)CC1.I. The van der Waals surface area contributed by atoms with Gasteiger partial charge in [0.2, 0.25) is 0 Å². The van der Waals surface area contributed by atoms with Crippen molar-refractivity contribution in [2.75, 3.05) is 20.1 Å². The fourth-order valence-electron chi connectivity index (χ4n) is 3.03. The van der Waals surface area contributed by atoms with Gasteiger partial charge in [-0.2, -0.15) is 0 Å². The van der Waals surface area contributed by atoms with E-state index in [1.165, 1.54) is 18.4 Å². The van der Waals surface area contributed by atoms with Gasteiger partial charge in [0.25, 0.3) is 0 Å². The standard InChI is InChI=1S/C18H25ClN6.HI/c1-3-16-24-23-13-25(16)11-10-21-17(20-2)22-12-18(8-9-18)14-4-6-15(19)7-5-14;/h4-7,13H,3,8-12H2,1-2H3,(H2,20,21,22);1H. The third-order valence-electron chi connectivity index (χ3n) is 4.79. The highest BCUT2D eigenvalue weighted by atomic mass is 127. The van der Waals surface area contributed by atoms with Crippen molar-refractivity contribution in [3.05, 3.63) is 47.0 Å². The van der Waals surface area contributed by atoms with Crippen molar-refractivity contribution >= 4 is 41.5 Å². The minimum Gasteiger partial charge on any atom is -0.356 e. The fourth-order valence-corrected chi connectivity index (χ4v) is 3.16. The van der Waals surface area contributed by atoms with E-state index in [0.29, 0.717) is 0 Å². The Morgan fingerprint density at radius 2 is 2.00 bits per heavy atom. The summed E-state index contributed by atoms with van der Waals surface area (Å²) in [5.74, 6) is 1.83. The molecule has 3 rings (SSSR count). The lowest BCUT2D eigenvalue weighted by Crippen LogP contribution is -2.42. The highest BCUT2D eigenvalue weighted by Gasteiger charge is 2.44. The molecule has 0 aliphatic heterocycles. The maximum Gasteiger partial charge on any atom is 0.191 e.